The number of aliphatic imine (C=N–C) groups is 1. The van der Waals surface area contributed by atoms with Gasteiger partial charge in [-0.3, -0.25) is 15.1 Å². The summed E-state index contributed by atoms with van der Waals surface area (Å²) in [5.74, 6) is 1.14. The summed E-state index contributed by atoms with van der Waals surface area (Å²) in [7, 11) is 3.13. The molecule has 2 N–H and O–H groups in total. The van der Waals surface area contributed by atoms with Crippen LogP contribution in [-0.4, -0.2) is 31.1 Å². The Labute approximate surface area is 179 Å². The summed E-state index contributed by atoms with van der Waals surface area (Å²) >= 11 is 5.91. The van der Waals surface area contributed by atoms with Crippen LogP contribution in [0.5, 0.6) is 11.5 Å². The van der Waals surface area contributed by atoms with Crippen molar-refractivity contribution in [3.05, 3.63) is 83.1 Å². The summed E-state index contributed by atoms with van der Waals surface area (Å²) in [5.41, 5.74) is 1.86. The lowest BCUT2D eigenvalue weighted by Crippen LogP contribution is -2.36. The maximum Gasteiger partial charge on any atom is 0.257 e. The number of carbonyl (C=O) groups is 1. The van der Waals surface area contributed by atoms with Gasteiger partial charge in [-0.15, -0.1) is 0 Å². The number of guanidine groups is 1. The van der Waals surface area contributed by atoms with Gasteiger partial charge in [-0.2, -0.15) is 0 Å². The van der Waals surface area contributed by atoms with Gasteiger partial charge in [0.1, 0.15) is 11.5 Å². The average Bonchev–Trinajstić information content (AvgIpc) is 2.78. The number of aromatic nitrogens is 1. The number of benzene rings is 2. The van der Waals surface area contributed by atoms with Gasteiger partial charge < -0.3 is 14.8 Å². The minimum absolute atomic E-state index is 0.260. The number of halogens is 1. The van der Waals surface area contributed by atoms with Crippen LogP contribution in [0.1, 0.15) is 16.1 Å². The lowest BCUT2D eigenvalue weighted by atomic mass is 10.2. The minimum Gasteiger partial charge on any atom is -0.497 e. The van der Waals surface area contributed by atoms with Gasteiger partial charge in [0.15, 0.2) is 0 Å². The van der Waals surface area contributed by atoms with Crippen molar-refractivity contribution in [2.75, 3.05) is 19.5 Å². The molecule has 0 bridgehead atoms. The minimum atomic E-state index is -0.325. The third-order valence-corrected chi connectivity index (χ3v) is 4.33. The molecular weight excluding hydrogens is 404 g/mol. The average molecular weight is 425 g/mol. The molecule has 8 heteroatoms. The van der Waals surface area contributed by atoms with Crippen LogP contribution in [0.4, 0.5) is 5.69 Å². The van der Waals surface area contributed by atoms with Gasteiger partial charge in [-0.05, 0) is 36.4 Å². The molecule has 3 aromatic rings. The number of anilines is 1. The third-order valence-electron chi connectivity index (χ3n) is 4.08. The molecule has 0 radical (unpaired) electrons. The number of rotatable bonds is 6. The highest BCUT2D eigenvalue weighted by Crippen LogP contribution is 2.25. The van der Waals surface area contributed by atoms with Gasteiger partial charge >= 0.3 is 0 Å². The molecule has 1 heterocycles. The Hall–Kier alpha value is -3.58. The Morgan fingerprint density at radius 2 is 1.73 bits per heavy atom. The number of nitrogens with one attached hydrogen (secondary N) is 2. The summed E-state index contributed by atoms with van der Waals surface area (Å²) in [6.07, 6.45) is 1.69. The molecule has 1 amide bonds. The maximum atomic E-state index is 12.7. The zero-order valence-corrected chi connectivity index (χ0v) is 17.3. The van der Waals surface area contributed by atoms with Crippen LogP contribution in [0, 0.1) is 0 Å². The monoisotopic (exact) mass is 424 g/mol. The zero-order chi connectivity index (χ0) is 21.3. The van der Waals surface area contributed by atoms with Crippen molar-refractivity contribution in [2.24, 2.45) is 4.99 Å². The van der Waals surface area contributed by atoms with E-state index in [9.17, 15) is 4.79 Å². The van der Waals surface area contributed by atoms with Crippen molar-refractivity contribution < 1.29 is 14.3 Å². The number of pyridine rings is 1. The van der Waals surface area contributed by atoms with Gasteiger partial charge in [-0.25, -0.2) is 4.99 Å². The number of methoxy groups -OCH3 is 2. The molecule has 0 spiro atoms. The zero-order valence-electron chi connectivity index (χ0n) is 16.6. The van der Waals surface area contributed by atoms with E-state index < -0.39 is 0 Å². The van der Waals surface area contributed by atoms with Crippen LogP contribution in [0.15, 0.2) is 71.9 Å². The van der Waals surface area contributed by atoms with Gasteiger partial charge in [0, 0.05) is 40.7 Å². The molecule has 0 saturated carbocycles. The first-order valence-corrected chi connectivity index (χ1v) is 9.46. The molecule has 30 heavy (non-hydrogen) atoms. The highest BCUT2D eigenvalue weighted by molar-refractivity contribution is 6.30. The Morgan fingerprint density at radius 1 is 1.03 bits per heavy atom. The van der Waals surface area contributed by atoms with Crippen molar-refractivity contribution in [2.45, 2.75) is 6.54 Å². The van der Waals surface area contributed by atoms with Crippen LogP contribution >= 0.6 is 11.6 Å². The van der Waals surface area contributed by atoms with Gasteiger partial charge in [0.2, 0.25) is 5.96 Å². The molecule has 0 saturated heterocycles. The molecule has 0 atom stereocenters. The standard InChI is InChI=1S/C22H21ClN4O3/c1-29-19-11-18(12-20(13-19)30-2)26-22(25-14-17-5-3-4-10-24-17)27-21(28)15-6-8-16(23)9-7-15/h3-13H,14H2,1-2H3,(H2,25,26,27,28). The van der Waals surface area contributed by atoms with Gasteiger partial charge in [0.25, 0.3) is 5.91 Å². The number of nitrogens with zero attached hydrogens (tertiary/aromatic N) is 2. The molecular formula is C22H21ClN4O3. The summed E-state index contributed by atoms with van der Waals surface area (Å²) < 4.78 is 10.6. The fraction of sp³-hybridized carbons (Fsp3) is 0.136. The van der Waals surface area contributed by atoms with Crippen molar-refractivity contribution in [1.82, 2.24) is 10.3 Å². The quantitative estimate of drug-likeness (QED) is 0.458. The van der Waals surface area contributed by atoms with E-state index in [1.54, 1.807) is 62.9 Å². The van der Waals surface area contributed by atoms with Crippen molar-refractivity contribution >= 4 is 29.2 Å². The molecule has 1 aromatic heterocycles. The summed E-state index contributed by atoms with van der Waals surface area (Å²) in [6, 6.07) is 17.5. The summed E-state index contributed by atoms with van der Waals surface area (Å²) in [4.78, 5) is 21.4. The Kier molecular flexibility index (Phi) is 7.24. The van der Waals surface area contributed by atoms with E-state index in [2.05, 4.69) is 20.6 Å². The van der Waals surface area contributed by atoms with Crippen LogP contribution in [-0.2, 0) is 6.54 Å². The SMILES string of the molecule is COc1cc(NC(=NCc2ccccn2)NC(=O)c2ccc(Cl)cc2)cc(OC)c1. The Bertz CT molecular complexity index is 1000. The second-order valence-electron chi connectivity index (χ2n) is 6.17. The fourth-order valence-electron chi connectivity index (χ4n) is 2.56. The summed E-state index contributed by atoms with van der Waals surface area (Å²) in [5, 5.41) is 6.46. The normalized spacial score (nSPS) is 11.0. The highest BCUT2D eigenvalue weighted by atomic mass is 35.5. The molecule has 0 aliphatic carbocycles. The molecule has 0 unspecified atom stereocenters. The smallest absolute Gasteiger partial charge is 0.257 e. The van der Waals surface area contributed by atoms with E-state index in [0.29, 0.717) is 27.8 Å². The molecule has 0 aliphatic heterocycles. The number of hydrogen-bond donors (Lipinski definition) is 2. The topological polar surface area (TPSA) is 84.8 Å². The molecule has 0 aliphatic rings. The van der Waals surface area contributed by atoms with Crippen LogP contribution in [0.3, 0.4) is 0 Å². The predicted molar refractivity (Wildman–Crippen MR) is 117 cm³/mol. The van der Waals surface area contributed by atoms with Crippen molar-refractivity contribution in [3.63, 3.8) is 0 Å². The summed E-state index contributed by atoms with van der Waals surface area (Å²) in [6.45, 7) is 0.283. The lowest BCUT2D eigenvalue weighted by molar-refractivity contribution is 0.0977. The van der Waals surface area contributed by atoms with E-state index in [4.69, 9.17) is 21.1 Å². The molecule has 154 valence electrons. The second-order valence-corrected chi connectivity index (χ2v) is 6.61. The molecule has 7 nitrogen and oxygen atoms in total. The molecule has 0 fully saturated rings. The van der Waals surface area contributed by atoms with E-state index in [1.165, 1.54) is 0 Å². The van der Waals surface area contributed by atoms with E-state index >= 15 is 0 Å². The Balaban J connectivity index is 1.85. The van der Waals surface area contributed by atoms with Gasteiger partial charge in [0.05, 0.1) is 26.5 Å². The van der Waals surface area contributed by atoms with Crippen LogP contribution in [0.2, 0.25) is 5.02 Å². The van der Waals surface area contributed by atoms with E-state index in [0.717, 1.165) is 5.69 Å². The van der Waals surface area contributed by atoms with E-state index in [1.807, 2.05) is 18.2 Å². The van der Waals surface area contributed by atoms with Crippen LogP contribution < -0.4 is 20.1 Å². The number of hydrogen-bond acceptors (Lipinski definition) is 5. The number of carbonyl (C=O) groups excluding carboxylic acids is 1. The molecule has 2 aromatic carbocycles. The first kappa shape index (κ1) is 21.1. The van der Waals surface area contributed by atoms with Crippen molar-refractivity contribution in [1.29, 1.82) is 0 Å². The van der Waals surface area contributed by atoms with Crippen molar-refractivity contribution in [3.8, 4) is 11.5 Å². The second kappa shape index (κ2) is 10.3. The first-order valence-electron chi connectivity index (χ1n) is 9.09. The van der Waals surface area contributed by atoms with Gasteiger partial charge in [-0.1, -0.05) is 17.7 Å². The molecule has 3 rings (SSSR count). The Morgan fingerprint density at radius 3 is 2.33 bits per heavy atom. The fourth-order valence-corrected chi connectivity index (χ4v) is 2.69. The van der Waals surface area contributed by atoms with E-state index in [-0.39, 0.29) is 18.4 Å². The predicted octanol–water partition coefficient (Wildman–Crippen LogP) is 4.15. The first-order chi connectivity index (χ1) is 14.6. The third kappa shape index (κ3) is 5.96. The maximum absolute atomic E-state index is 12.7. The number of amides is 1. The van der Waals surface area contributed by atoms with Crippen LogP contribution in [0.25, 0.3) is 0 Å². The highest BCUT2D eigenvalue weighted by Gasteiger charge is 2.11. The lowest BCUT2D eigenvalue weighted by Gasteiger charge is -2.14. The number of ether oxygens (including phenoxy) is 2. The largest absolute Gasteiger partial charge is 0.497 e.